The first-order valence-electron chi connectivity index (χ1n) is 8.77. The number of likely N-dealkylation sites (N-methyl/N-ethyl adjacent to an activating group) is 1. The lowest BCUT2D eigenvalue weighted by molar-refractivity contribution is -0.116. The van der Waals surface area contributed by atoms with Gasteiger partial charge in [0.2, 0.25) is 5.91 Å². The molecule has 0 aliphatic rings. The number of ether oxygens (including phenoxy) is 2. The molecule has 0 radical (unpaired) electrons. The van der Waals surface area contributed by atoms with Gasteiger partial charge in [-0.25, -0.2) is 0 Å². The zero-order chi connectivity index (χ0) is 20.0. The third kappa shape index (κ3) is 5.74. The lowest BCUT2D eigenvalue weighted by Crippen LogP contribution is -2.34. The van der Waals surface area contributed by atoms with E-state index >= 15 is 0 Å². The lowest BCUT2D eigenvalue weighted by Gasteiger charge is -2.18. The summed E-state index contributed by atoms with van der Waals surface area (Å²) in [6.07, 6.45) is -0.00593. The number of anilines is 1. The third-order valence-electron chi connectivity index (χ3n) is 3.84. The van der Waals surface area contributed by atoms with E-state index in [1.807, 2.05) is 45.0 Å². The Morgan fingerprint density at radius 3 is 2.33 bits per heavy atom. The highest BCUT2D eigenvalue weighted by Gasteiger charge is 2.17. The number of hydrogen-bond acceptors (Lipinski definition) is 4. The molecule has 6 nitrogen and oxygen atoms in total. The number of carbonyl (C=O) groups is 2. The Kier molecular flexibility index (Phi) is 6.82. The molecule has 144 valence electrons. The van der Waals surface area contributed by atoms with Gasteiger partial charge in [-0.1, -0.05) is 17.7 Å². The number of nitrogens with one attached hydrogen (secondary N) is 1. The molecule has 2 amide bonds. The van der Waals surface area contributed by atoms with Crippen molar-refractivity contribution in [2.45, 2.75) is 26.9 Å². The number of nitrogens with zero attached hydrogens (tertiary/aromatic N) is 1. The van der Waals surface area contributed by atoms with Crippen LogP contribution < -0.4 is 14.8 Å². The molecule has 2 aromatic rings. The third-order valence-corrected chi connectivity index (χ3v) is 3.84. The molecule has 1 N–H and O–H groups in total. The van der Waals surface area contributed by atoms with Gasteiger partial charge in [0, 0.05) is 18.3 Å². The largest absolute Gasteiger partial charge is 0.493 e. The first kappa shape index (κ1) is 20.3. The Morgan fingerprint density at radius 1 is 1.07 bits per heavy atom. The highest BCUT2D eigenvalue weighted by Crippen LogP contribution is 2.29. The molecule has 2 aromatic carbocycles. The monoisotopic (exact) mass is 370 g/mol. The molecule has 0 aliphatic heterocycles. The number of hydrogen-bond donors (Lipinski definition) is 1. The van der Waals surface area contributed by atoms with Gasteiger partial charge < -0.3 is 19.7 Å². The number of methoxy groups -OCH3 is 1. The Bertz CT molecular complexity index is 800. The fraction of sp³-hybridized carbons (Fsp3) is 0.333. The second-order valence-electron chi connectivity index (χ2n) is 6.61. The van der Waals surface area contributed by atoms with Crippen LogP contribution in [0.15, 0.2) is 42.5 Å². The zero-order valence-corrected chi connectivity index (χ0v) is 16.4. The van der Waals surface area contributed by atoms with Gasteiger partial charge in [-0.15, -0.1) is 0 Å². The van der Waals surface area contributed by atoms with Crippen LogP contribution in [0.4, 0.5) is 5.69 Å². The van der Waals surface area contributed by atoms with E-state index in [4.69, 9.17) is 9.47 Å². The van der Waals surface area contributed by atoms with Crippen LogP contribution in [0.3, 0.4) is 0 Å². The van der Waals surface area contributed by atoms with Crippen LogP contribution in [-0.2, 0) is 4.79 Å². The van der Waals surface area contributed by atoms with Crippen LogP contribution in [0.5, 0.6) is 11.5 Å². The normalized spacial score (nSPS) is 10.4. The number of amides is 2. The molecule has 0 atom stereocenters. The lowest BCUT2D eigenvalue weighted by atomic mass is 10.1. The molecule has 0 saturated heterocycles. The predicted octanol–water partition coefficient (Wildman–Crippen LogP) is 3.50. The van der Waals surface area contributed by atoms with Gasteiger partial charge in [0.05, 0.1) is 19.8 Å². The highest BCUT2D eigenvalue weighted by molar-refractivity contribution is 5.99. The summed E-state index contributed by atoms with van der Waals surface area (Å²) in [5.41, 5.74) is 2.23. The van der Waals surface area contributed by atoms with Crippen molar-refractivity contribution in [3.05, 3.63) is 53.6 Å². The summed E-state index contributed by atoms with van der Waals surface area (Å²) in [5, 5.41) is 2.78. The van der Waals surface area contributed by atoms with Gasteiger partial charge in [-0.2, -0.15) is 0 Å². The van der Waals surface area contributed by atoms with E-state index in [1.165, 1.54) is 12.0 Å². The van der Waals surface area contributed by atoms with Crippen LogP contribution in [-0.4, -0.2) is 43.5 Å². The Labute approximate surface area is 160 Å². The van der Waals surface area contributed by atoms with E-state index < -0.39 is 0 Å². The van der Waals surface area contributed by atoms with Crippen molar-refractivity contribution in [3.8, 4) is 11.5 Å². The van der Waals surface area contributed by atoms with Crippen LogP contribution in [0.25, 0.3) is 0 Å². The molecule has 27 heavy (non-hydrogen) atoms. The van der Waals surface area contributed by atoms with E-state index in [0.29, 0.717) is 22.7 Å². The second kappa shape index (κ2) is 9.07. The molecular weight excluding hydrogens is 344 g/mol. The van der Waals surface area contributed by atoms with E-state index in [1.54, 1.807) is 25.2 Å². The van der Waals surface area contributed by atoms with Gasteiger partial charge in [-0.3, -0.25) is 9.59 Å². The highest BCUT2D eigenvalue weighted by atomic mass is 16.5. The molecule has 0 aromatic heterocycles. The average Bonchev–Trinajstić information content (AvgIpc) is 2.62. The van der Waals surface area contributed by atoms with E-state index in [0.717, 1.165) is 5.56 Å². The Balaban J connectivity index is 2.03. The smallest absolute Gasteiger partial charge is 0.254 e. The van der Waals surface area contributed by atoms with Gasteiger partial charge in [0.15, 0.2) is 11.5 Å². The topological polar surface area (TPSA) is 67.9 Å². The molecule has 0 saturated carbocycles. The standard InChI is InChI=1S/C21H26N2O4/c1-14(2)27-18-11-8-16(12-19(18)26-5)21(25)23(4)13-20(24)22-17-9-6-15(3)7-10-17/h6-12,14H,13H2,1-5H3,(H,22,24). The number of benzene rings is 2. The first-order chi connectivity index (χ1) is 12.8. The molecular formula is C21H26N2O4. The van der Waals surface area contributed by atoms with E-state index in [9.17, 15) is 9.59 Å². The van der Waals surface area contributed by atoms with Crippen LogP contribution in [0.1, 0.15) is 29.8 Å². The minimum absolute atomic E-state index is 0.00593. The molecule has 0 spiro atoms. The quantitative estimate of drug-likeness (QED) is 0.810. The van der Waals surface area contributed by atoms with Gasteiger partial charge in [-0.05, 0) is 51.1 Å². The van der Waals surface area contributed by atoms with Gasteiger partial charge in [0.1, 0.15) is 0 Å². The summed E-state index contributed by atoms with van der Waals surface area (Å²) in [6, 6.07) is 12.5. The van der Waals surface area contributed by atoms with Crippen LogP contribution in [0.2, 0.25) is 0 Å². The molecule has 0 bridgehead atoms. The Morgan fingerprint density at radius 2 is 1.74 bits per heavy atom. The molecule has 6 heteroatoms. The SMILES string of the molecule is COc1cc(C(=O)N(C)CC(=O)Nc2ccc(C)cc2)ccc1OC(C)C. The second-order valence-corrected chi connectivity index (χ2v) is 6.61. The van der Waals surface area contributed by atoms with Crippen molar-refractivity contribution in [2.75, 3.05) is 26.0 Å². The first-order valence-corrected chi connectivity index (χ1v) is 8.77. The molecule has 0 aliphatic carbocycles. The predicted molar refractivity (Wildman–Crippen MR) is 106 cm³/mol. The summed E-state index contributed by atoms with van der Waals surface area (Å²) in [5.74, 6) is 0.515. The Hall–Kier alpha value is -3.02. The maximum Gasteiger partial charge on any atom is 0.254 e. The molecule has 0 unspecified atom stereocenters. The minimum atomic E-state index is -0.275. The number of carbonyl (C=O) groups excluding carboxylic acids is 2. The minimum Gasteiger partial charge on any atom is -0.493 e. The number of rotatable bonds is 7. The van der Waals surface area contributed by atoms with E-state index in [-0.39, 0.29) is 24.5 Å². The van der Waals surface area contributed by atoms with Crippen LogP contribution in [0, 0.1) is 6.92 Å². The van der Waals surface area contributed by atoms with Crippen molar-refractivity contribution in [2.24, 2.45) is 0 Å². The summed E-state index contributed by atoms with van der Waals surface area (Å²) in [4.78, 5) is 26.2. The van der Waals surface area contributed by atoms with Gasteiger partial charge >= 0.3 is 0 Å². The fourth-order valence-electron chi connectivity index (χ4n) is 2.50. The molecule has 2 rings (SSSR count). The summed E-state index contributed by atoms with van der Waals surface area (Å²) in [7, 11) is 3.11. The van der Waals surface area contributed by atoms with Gasteiger partial charge in [0.25, 0.3) is 5.91 Å². The molecule has 0 fully saturated rings. The maximum absolute atomic E-state index is 12.6. The van der Waals surface area contributed by atoms with Crippen molar-refractivity contribution in [1.29, 1.82) is 0 Å². The van der Waals surface area contributed by atoms with Crippen LogP contribution >= 0.6 is 0 Å². The van der Waals surface area contributed by atoms with Crippen molar-refractivity contribution in [3.63, 3.8) is 0 Å². The zero-order valence-electron chi connectivity index (χ0n) is 16.4. The van der Waals surface area contributed by atoms with E-state index in [2.05, 4.69) is 5.32 Å². The maximum atomic E-state index is 12.6. The van der Waals surface area contributed by atoms with Crippen molar-refractivity contribution >= 4 is 17.5 Å². The number of aryl methyl sites for hydroxylation is 1. The summed E-state index contributed by atoms with van der Waals surface area (Å²) in [6.45, 7) is 5.75. The average molecular weight is 370 g/mol. The molecule has 0 heterocycles. The van der Waals surface area contributed by atoms with Crippen molar-refractivity contribution < 1.29 is 19.1 Å². The van der Waals surface area contributed by atoms with Crippen molar-refractivity contribution in [1.82, 2.24) is 4.90 Å². The fourth-order valence-corrected chi connectivity index (χ4v) is 2.50. The summed E-state index contributed by atoms with van der Waals surface area (Å²) >= 11 is 0. The summed E-state index contributed by atoms with van der Waals surface area (Å²) < 4.78 is 11.0.